The molecule has 0 aliphatic rings. The van der Waals surface area contributed by atoms with Gasteiger partial charge in [-0.1, -0.05) is 11.2 Å². The summed E-state index contributed by atoms with van der Waals surface area (Å²) in [5.74, 6) is 0.0890. The number of nitrogens with two attached hydrogens (primary N) is 1. The van der Waals surface area contributed by atoms with E-state index >= 15 is 0 Å². The lowest BCUT2D eigenvalue weighted by Gasteiger charge is -2.05. The maximum Gasteiger partial charge on any atom is 0.328 e. The van der Waals surface area contributed by atoms with Crippen LogP contribution in [0.15, 0.2) is 17.2 Å². The van der Waals surface area contributed by atoms with Crippen molar-refractivity contribution >= 4 is 11.9 Å². The number of anilines is 1. The third-order valence-electron chi connectivity index (χ3n) is 1.52. The molecule has 1 amide bonds. The summed E-state index contributed by atoms with van der Waals surface area (Å²) in [6.45, 7) is 5.14. The van der Waals surface area contributed by atoms with Gasteiger partial charge in [-0.2, -0.15) is 4.98 Å². The molecule has 1 aromatic heterocycles. The molecule has 1 aromatic rings. The first-order valence-corrected chi connectivity index (χ1v) is 4.11. The molecule has 1 heterocycles. The Kier molecular flexibility index (Phi) is 3.35. The number of hydrogen-bond acceptors (Lipinski definition) is 5. The molecule has 3 N–H and O–H groups in total. The average molecular weight is 196 g/mol. The first-order valence-electron chi connectivity index (χ1n) is 4.11. The minimum absolute atomic E-state index is 0.0620. The number of carbonyl (C=O) groups excluding carboxylic acids is 1. The number of rotatable bonds is 4. The molecule has 0 aliphatic carbocycles. The standard InChI is InChI=1S/C8H12N4O2/c1-3-4-6(9)7(13)11-8-10-5(2)12-14-8/h3,6H,1,4,9H2,2H3,(H,10,11,12,13). The molecule has 0 spiro atoms. The summed E-state index contributed by atoms with van der Waals surface area (Å²) < 4.78 is 4.69. The van der Waals surface area contributed by atoms with Crippen molar-refractivity contribution in [2.24, 2.45) is 5.73 Å². The number of aromatic nitrogens is 2. The van der Waals surface area contributed by atoms with Crippen LogP contribution in [0.2, 0.25) is 0 Å². The Labute approximate surface area is 81.2 Å². The molecule has 1 atom stereocenters. The van der Waals surface area contributed by atoms with Crippen LogP contribution < -0.4 is 11.1 Å². The zero-order valence-electron chi connectivity index (χ0n) is 7.86. The van der Waals surface area contributed by atoms with E-state index in [1.165, 1.54) is 0 Å². The van der Waals surface area contributed by atoms with E-state index in [9.17, 15) is 4.79 Å². The fourth-order valence-electron chi connectivity index (χ4n) is 0.833. The van der Waals surface area contributed by atoms with Gasteiger partial charge in [-0.05, 0) is 13.3 Å². The lowest BCUT2D eigenvalue weighted by Crippen LogP contribution is -2.35. The van der Waals surface area contributed by atoms with Gasteiger partial charge >= 0.3 is 6.01 Å². The minimum Gasteiger partial charge on any atom is -0.320 e. The zero-order chi connectivity index (χ0) is 10.6. The van der Waals surface area contributed by atoms with Crippen LogP contribution in [0.4, 0.5) is 6.01 Å². The first-order chi connectivity index (χ1) is 6.63. The van der Waals surface area contributed by atoms with Gasteiger partial charge in [-0.15, -0.1) is 6.58 Å². The van der Waals surface area contributed by atoms with Gasteiger partial charge < -0.3 is 10.3 Å². The second-order valence-electron chi connectivity index (χ2n) is 2.77. The summed E-state index contributed by atoms with van der Waals surface area (Å²) in [6.07, 6.45) is 1.97. The number of amides is 1. The fourth-order valence-corrected chi connectivity index (χ4v) is 0.833. The SMILES string of the molecule is C=CCC(N)C(=O)Nc1nc(C)no1. The smallest absolute Gasteiger partial charge is 0.320 e. The molecule has 14 heavy (non-hydrogen) atoms. The van der Waals surface area contributed by atoms with Crippen LogP contribution in [0.3, 0.4) is 0 Å². The maximum absolute atomic E-state index is 11.3. The molecule has 0 fully saturated rings. The predicted molar refractivity (Wildman–Crippen MR) is 50.5 cm³/mol. The van der Waals surface area contributed by atoms with Crippen molar-refractivity contribution in [1.82, 2.24) is 10.1 Å². The van der Waals surface area contributed by atoms with Crippen LogP contribution in [-0.4, -0.2) is 22.1 Å². The average Bonchev–Trinajstić information content (AvgIpc) is 2.51. The molecule has 0 aliphatic heterocycles. The third kappa shape index (κ3) is 2.67. The Morgan fingerprint density at radius 1 is 1.86 bits per heavy atom. The van der Waals surface area contributed by atoms with Crippen molar-refractivity contribution < 1.29 is 9.32 Å². The van der Waals surface area contributed by atoms with E-state index in [1.54, 1.807) is 13.0 Å². The monoisotopic (exact) mass is 196 g/mol. The molecular weight excluding hydrogens is 184 g/mol. The largest absolute Gasteiger partial charge is 0.328 e. The van der Waals surface area contributed by atoms with Crippen LogP contribution in [-0.2, 0) is 4.79 Å². The van der Waals surface area contributed by atoms with Crippen molar-refractivity contribution in [3.05, 3.63) is 18.5 Å². The van der Waals surface area contributed by atoms with Gasteiger partial charge in [-0.25, -0.2) is 0 Å². The minimum atomic E-state index is -0.639. The molecule has 0 saturated heterocycles. The summed E-state index contributed by atoms with van der Waals surface area (Å²) in [7, 11) is 0. The van der Waals surface area contributed by atoms with Crippen LogP contribution >= 0.6 is 0 Å². The highest BCUT2D eigenvalue weighted by Gasteiger charge is 2.14. The van der Waals surface area contributed by atoms with E-state index in [0.717, 1.165) is 0 Å². The summed E-state index contributed by atoms with van der Waals surface area (Å²) in [4.78, 5) is 15.1. The molecule has 0 bridgehead atoms. The zero-order valence-corrected chi connectivity index (χ0v) is 7.86. The van der Waals surface area contributed by atoms with E-state index < -0.39 is 6.04 Å². The van der Waals surface area contributed by atoms with Crippen molar-refractivity contribution in [2.45, 2.75) is 19.4 Å². The summed E-state index contributed by atoms with van der Waals surface area (Å²) in [5, 5.41) is 5.91. The number of nitrogens with one attached hydrogen (secondary N) is 1. The number of nitrogens with zero attached hydrogens (tertiary/aromatic N) is 2. The molecule has 0 radical (unpaired) electrons. The van der Waals surface area contributed by atoms with Gasteiger partial charge in [0.25, 0.3) is 0 Å². The van der Waals surface area contributed by atoms with Gasteiger partial charge in [0.05, 0.1) is 6.04 Å². The Bertz CT molecular complexity index is 334. The summed E-state index contributed by atoms with van der Waals surface area (Å²) in [5.41, 5.74) is 5.51. The fraction of sp³-hybridized carbons (Fsp3) is 0.375. The Morgan fingerprint density at radius 2 is 2.57 bits per heavy atom. The lowest BCUT2D eigenvalue weighted by atomic mass is 10.2. The molecular formula is C8H12N4O2. The highest BCUT2D eigenvalue weighted by Crippen LogP contribution is 2.03. The van der Waals surface area contributed by atoms with Gasteiger partial charge in [0, 0.05) is 0 Å². The van der Waals surface area contributed by atoms with Crippen LogP contribution in [0.5, 0.6) is 0 Å². The van der Waals surface area contributed by atoms with Crippen molar-refractivity contribution in [1.29, 1.82) is 0 Å². The van der Waals surface area contributed by atoms with Crippen molar-refractivity contribution in [3.63, 3.8) is 0 Å². The third-order valence-corrected chi connectivity index (χ3v) is 1.52. The van der Waals surface area contributed by atoms with Gasteiger partial charge in [0.2, 0.25) is 5.91 Å². The van der Waals surface area contributed by atoms with E-state index in [1.807, 2.05) is 0 Å². The van der Waals surface area contributed by atoms with Gasteiger partial charge in [0.1, 0.15) is 0 Å². The number of aryl methyl sites for hydroxylation is 1. The van der Waals surface area contributed by atoms with Crippen molar-refractivity contribution in [2.75, 3.05) is 5.32 Å². The van der Waals surface area contributed by atoms with E-state index in [2.05, 4.69) is 26.6 Å². The maximum atomic E-state index is 11.3. The van der Waals surface area contributed by atoms with Crippen LogP contribution in [0.1, 0.15) is 12.2 Å². The predicted octanol–water partition coefficient (Wildman–Crippen LogP) is 0.220. The second kappa shape index (κ2) is 4.52. The van der Waals surface area contributed by atoms with E-state index in [4.69, 9.17) is 5.73 Å². The summed E-state index contributed by atoms with van der Waals surface area (Å²) >= 11 is 0. The lowest BCUT2D eigenvalue weighted by molar-refractivity contribution is -0.117. The quantitative estimate of drug-likeness (QED) is 0.672. The molecule has 6 heteroatoms. The Hall–Kier alpha value is -1.69. The normalized spacial score (nSPS) is 12.1. The first kappa shape index (κ1) is 10.4. The Morgan fingerprint density at radius 3 is 3.07 bits per heavy atom. The molecule has 0 aromatic carbocycles. The van der Waals surface area contributed by atoms with Crippen LogP contribution in [0, 0.1) is 6.92 Å². The number of carbonyl (C=O) groups is 1. The molecule has 6 nitrogen and oxygen atoms in total. The Balaban J connectivity index is 2.52. The molecule has 1 unspecified atom stereocenters. The highest BCUT2D eigenvalue weighted by atomic mass is 16.5. The molecule has 76 valence electrons. The summed E-state index contributed by atoms with van der Waals surface area (Å²) in [6, 6.07) is -0.577. The van der Waals surface area contributed by atoms with E-state index in [0.29, 0.717) is 12.2 Å². The molecule has 1 rings (SSSR count). The highest BCUT2D eigenvalue weighted by molar-refractivity contribution is 5.92. The van der Waals surface area contributed by atoms with E-state index in [-0.39, 0.29) is 11.9 Å². The van der Waals surface area contributed by atoms with Gasteiger partial charge in [0.15, 0.2) is 5.82 Å². The second-order valence-corrected chi connectivity index (χ2v) is 2.77. The number of hydrogen-bond donors (Lipinski definition) is 2. The van der Waals surface area contributed by atoms with Gasteiger partial charge in [-0.3, -0.25) is 10.1 Å². The van der Waals surface area contributed by atoms with Crippen molar-refractivity contribution in [3.8, 4) is 0 Å². The van der Waals surface area contributed by atoms with Crippen LogP contribution in [0.25, 0.3) is 0 Å². The molecule has 0 saturated carbocycles. The topological polar surface area (TPSA) is 94.0 Å².